The van der Waals surface area contributed by atoms with E-state index >= 15 is 0 Å². The van der Waals surface area contributed by atoms with Gasteiger partial charge in [0.25, 0.3) is 5.97 Å². The lowest BCUT2D eigenvalue weighted by atomic mass is 9.34. The van der Waals surface area contributed by atoms with Crippen molar-refractivity contribution in [3.05, 3.63) is 35.8 Å². The molecule has 0 radical (unpaired) electrons. The van der Waals surface area contributed by atoms with Crippen molar-refractivity contribution in [2.24, 2.45) is 22.2 Å². The first-order valence-electron chi connectivity index (χ1n) is 15.7. The standard InChI is InChI=1S/C33H38O14/c1-15(34)42-20-12-31-28(5)18(10-21(36)40-7)26(3)14-30(28,38)32(39,24(26)43-16(2)35)25-33(31,47-29(6,45-25)46-31)19-11-22(37)44-23(27(19,20)4)17-8-9-41-13-17/h8-9,11,13,18,20,23-25,38-39H,10,12,14H2,1-7H3/t18-,20-,23-,24+,25+,26+,27-,28-,29?,30?,31-,32-,33+/m1/s1. The molecule has 14 nitrogen and oxygen atoms in total. The highest BCUT2D eigenvalue weighted by molar-refractivity contribution is 5.86. The maximum atomic E-state index is 13.6. The summed E-state index contributed by atoms with van der Waals surface area (Å²) >= 11 is 0. The van der Waals surface area contributed by atoms with Crippen LogP contribution in [0, 0.1) is 22.2 Å². The molecule has 1 aromatic heterocycles. The van der Waals surface area contributed by atoms with Gasteiger partial charge in [0.1, 0.15) is 35.6 Å². The first kappa shape index (κ1) is 31.0. The van der Waals surface area contributed by atoms with E-state index in [2.05, 4.69) is 0 Å². The number of hydrogen-bond donors (Lipinski definition) is 2. The second kappa shape index (κ2) is 8.64. The first-order valence-corrected chi connectivity index (χ1v) is 15.7. The molecule has 0 aromatic carbocycles. The molecule has 4 bridgehead atoms. The molecule has 254 valence electrons. The van der Waals surface area contributed by atoms with Gasteiger partial charge in [-0.15, -0.1) is 0 Å². The fourth-order valence-electron chi connectivity index (χ4n) is 11.7. The van der Waals surface area contributed by atoms with Crippen LogP contribution in [0.5, 0.6) is 0 Å². The van der Waals surface area contributed by atoms with E-state index in [4.69, 9.17) is 37.6 Å². The van der Waals surface area contributed by atoms with E-state index < -0.39 is 98.8 Å². The second-order valence-electron chi connectivity index (χ2n) is 15.0. The third-order valence-corrected chi connectivity index (χ3v) is 13.1. The quantitative estimate of drug-likeness (QED) is 0.344. The number of aliphatic hydroxyl groups is 2. The van der Waals surface area contributed by atoms with E-state index in [1.54, 1.807) is 26.8 Å². The van der Waals surface area contributed by atoms with Crippen molar-refractivity contribution in [2.45, 2.75) is 114 Å². The summed E-state index contributed by atoms with van der Waals surface area (Å²) in [7, 11) is 1.24. The van der Waals surface area contributed by atoms with E-state index in [1.165, 1.54) is 46.5 Å². The number of furan rings is 1. The Bertz CT molecular complexity index is 1670. The Labute approximate surface area is 269 Å². The lowest BCUT2D eigenvalue weighted by Gasteiger charge is -2.76. The molecule has 7 aliphatic rings. The number of ether oxygens (including phenoxy) is 7. The molecule has 3 aliphatic heterocycles. The molecule has 47 heavy (non-hydrogen) atoms. The smallest absolute Gasteiger partial charge is 0.331 e. The minimum absolute atomic E-state index is 0.112. The number of hydrogen-bond acceptors (Lipinski definition) is 14. The van der Waals surface area contributed by atoms with Gasteiger partial charge in [-0.2, -0.15) is 0 Å². The van der Waals surface area contributed by atoms with Gasteiger partial charge in [0.05, 0.1) is 25.1 Å². The van der Waals surface area contributed by atoms with Crippen LogP contribution in [-0.4, -0.2) is 87.9 Å². The number of fused-ring (bicyclic) bond motifs is 4. The van der Waals surface area contributed by atoms with Crippen LogP contribution in [0.3, 0.4) is 0 Å². The van der Waals surface area contributed by atoms with Gasteiger partial charge < -0.3 is 47.8 Å². The number of methoxy groups -OCH3 is 1. The highest BCUT2D eigenvalue weighted by Crippen LogP contribution is 2.88. The minimum Gasteiger partial charge on any atom is -0.472 e. The van der Waals surface area contributed by atoms with Crippen molar-refractivity contribution < 1.29 is 67.0 Å². The summed E-state index contributed by atoms with van der Waals surface area (Å²) < 4.78 is 48.7. The van der Waals surface area contributed by atoms with E-state index in [0.717, 1.165) is 0 Å². The highest BCUT2D eigenvalue weighted by atomic mass is 16.9. The fraction of sp³-hybridized carbons (Fsp3) is 0.697. The second-order valence-corrected chi connectivity index (χ2v) is 15.0. The number of carbonyl (C=O) groups is 4. The summed E-state index contributed by atoms with van der Waals surface area (Å²) in [6.07, 6.45) is -1.37. The number of esters is 4. The van der Waals surface area contributed by atoms with Gasteiger partial charge in [0, 0.05) is 56.1 Å². The number of rotatable bonds is 5. The van der Waals surface area contributed by atoms with Crippen LogP contribution >= 0.6 is 0 Å². The van der Waals surface area contributed by atoms with Crippen molar-refractivity contribution in [1.82, 2.24) is 0 Å². The van der Waals surface area contributed by atoms with Crippen molar-refractivity contribution in [2.75, 3.05) is 7.11 Å². The van der Waals surface area contributed by atoms with Crippen LogP contribution in [0.1, 0.15) is 72.5 Å². The predicted octanol–water partition coefficient (Wildman–Crippen LogP) is 1.76. The average Bonchev–Trinajstić information content (AvgIpc) is 3.74. The van der Waals surface area contributed by atoms with Gasteiger partial charge in [0.15, 0.2) is 11.2 Å². The molecular weight excluding hydrogens is 620 g/mol. The zero-order chi connectivity index (χ0) is 34.0. The summed E-state index contributed by atoms with van der Waals surface area (Å²) in [5.74, 6) is -5.40. The van der Waals surface area contributed by atoms with Crippen LogP contribution in [-0.2, 0) is 52.3 Å². The van der Waals surface area contributed by atoms with Crippen LogP contribution < -0.4 is 0 Å². The van der Waals surface area contributed by atoms with Crippen LogP contribution in [0.15, 0.2) is 34.7 Å². The molecule has 2 unspecified atom stereocenters. The van der Waals surface area contributed by atoms with E-state index in [1.807, 2.05) is 0 Å². The third-order valence-electron chi connectivity index (χ3n) is 13.1. The average molecular weight is 659 g/mol. The van der Waals surface area contributed by atoms with Gasteiger partial charge in [0.2, 0.25) is 0 Å². The zero-order valence-corrected chi connectivity index (χ0v) is 27.1. The molecule has 4 heterocycles. The third kappa shape index (κ3) is 2.99. The molecule has 2 N–H and O–H groups in total. The maximum Gasteiger partial charge on any atom is 0.331 e. The van der Waals surface area contributed by atoms with Crippen LogP contribution in [0.4, 0.5) is 0 Å². The Hall–Kier alpha value is -3.30. The van der Waals surface area contributed by atoms with Crippen molar-refractivity contribution in [3.8, 4) is 0 Å². The molecular formula is C33H38O14. The van der Waals surface area contributed by atoms with Crippen LogP contribution in [0.25, 0.3) is 0 Å². The Kier molecular flexibility index (Phi) is 5.70. The van der Waals surface area contributed by atoms with Crippen molar-refractivity contribution >= 4 is 23.9 Å². The highest BCUT2D eigenvalue weighted by Gasteiger charge is 3.02. The molecule has 4 aliphatic carbocycles. The molecule has 14 heteroatoms. The Morgan fingerprint density at radius 2 is 1.74 bits per heavy atom. The van der Waals surface area contributed by atoms with Gasteiger partial charge in [-0.1, -0.05) is 13.8 Å². The molecule has 2 saturated heterocycles. The molecule has 13 atom stereocenters. The topological polar surface area (TPSA) is 186 Å². The Balaban J connectivity index is 1.47. The van der Waals surface area contributed by atoms with Crippen LogP contribution in [0.2, 0.25) is 0 Å². The fourth-order valence-corrected chi connectivity index (χ4v) is 11.7. The molecule has 4 saturated carbocycles. The largest absolute Gasteiger partial charge is 0.472 e. The van der Waals surface area contributed by atoms with Crippen molar-refractivity contribution in [1.29, 1.82) is 0 Å². The molecule has 8 rings (SSSR count). The van der Waals surface area contributed by atoms with E-state index in [0.29, 0.717) is 5.56 Å². The summed E-state index contributed by atoms with van der Waals surface area (Å²) in [6.45, 7) is 9.21. The SMILES string of the molecule is COC(=O)C[C@@H]1[C@]2(C)CC3(O)[C@@](O)([C@H]2OC(C)=O)[C@@H]2OC4(C)O[C@]5(C[C@@H](OC(C)=O)[C@@]6(C)C(=CC(=O)O[C@@H]6c6ccoc6)[C@]25O4)[C@]13C. The zero-order valence-electron chi connectivity index (χ0n) is 27.1. The molecule has 1 spiro atoms. The molecule has 6 fully saturated rings. The van der Waals surface area contributed by atoms with Gasteiger partial charge in [-0.25, -0.2) is 4.79 Å². The summed E-state index contributed by atoms with van der Waals surface area (Å²) in [5, 5.41) is 26.4. The predicted molar refractivity (Wildman–Crippen MR) is 151 cm³/mol. The van der Waals surface area contributed by atoms with E-state index in [-0.39, 0.29) is 24.8 Å². The normalized spacial score (nSPS) is 52.7. The van der Waals surface area contributed by atoms with Gasteiger partial charge in [-0.05, 0) is 30.9 Å². The number of cyclic esters (lactones) is 1. The summed E-state index contributed by atoms with van der Waals surface area (Å²) in [5.41, 5.74) is -11.5. The molecule has 1 aromatic rings. The summed E-state index contributed by atoms with van der Waals surface area (Å²) in [4.78, 5) is 52.3. The lowest BCUT2D eigenvalue weighted by molar-refractivity contribution is -0.446. The Morgan fingerprint density at radius 3 is 2.36 bits per heavy atom. The van der Waals surface area contributed by atoms with E-state index in [9.17, 15) is 29.4 Å². The maximum absolute atomic E-state index is 13.6. The first-order chi connectivity index (χ1) is 21.8. The summed E-state index contributed by atoms with van der Waals surface area (Å²) in [6, 6.07) is 1.63. The Morgan fingerprint density at radius 1 is 1.04 bits per heavy atom. The van der Waals surface area contributed by atoms with Gasteiger partial charge >= 0.3 is 23.9 Å². The monoisotopic (exact) mass is 658 g/mol. The minimum atomic E-state index is -2.34. The lowest BCUT2D eigenvalue weighted by Crippen LogP contribution is -2.93. The van der Waals surface area contributed by atoms with Crippen molar-refractivity contribution in [3.63, 3.8) is 0 Å². The number of carbonyl (C=O) groups excluding carboxylic acids is 4. The van der Waals surface area contributed by atoms with Gasteiger partial charge in [-0.3, -0.25) is 14.4 Å². The molecule has 0 amide bonds.